The number of carbonyl (C=O) groups is 2. The number of phosphoric acid groups is 2. The molecule has 4 aliphatic heterocycles. The average molecular weight is 973 g/mol. The first kappa shape index (κ1) is 51.6. The number of fused-ring (bicyclic) bond motifs is 1. The van der Waals surface area contributed by atoms with Gasteiger partial charge in [0.1, 0.15) is 34.8 Å². The third kappa shape index (κ3) is 10.2. The van der Waals surface area contributed by atoms with E-state index in [9.17, 15) is 18.7 Å². The standard InChI is InChI=1S/C54H70O12P2/c1-30-19-36(42-39(23-34(5)50(7,8)9)46(63-48(42)55)35(6)51(10,11)12)20-31(2)44(30)65-67(57)59-26-54(27-60-67)28-61-68(58,62-29-54)66-45-32(3)21-37(22-33(45)4)43-40-24-38(52(13,14)15)25-41(53(16,17)18)47(40)64-49(43)56/h19-25,42-43H,6,26-29H2,1-5,7-18H3/b34-23+. The second kappa shape index (κ2) is 17.5. The molecular formula is C54H70O12P2. The molecule has 0 amide bonds. The molecule has 0 bridgehead atoms. The number of esters is 2. The van der Waals surface area contributed by atoms with Gasteiger partial charge in [-0.15, -0.1) is 0 Å². The van der Waals surface area contributed by atoms with Crippen molar-refractivity contribution in [2.24, 2.45) is 16.2 Å². The molecule has 4 heterocycles. The molecule has 7 rings (SSSR count). The monoisotopic (exact) mass is 972 g/mol. The third-order valence-corrected chi connectivity index (χ3v) is 16.0. The number of ether oxygens (including phenoxy) is 2. The van der Waals surface area contributed by atoms with Gasteiger partial charge in [0.05, 0.1) is 31.8 Å². The zero-order chi connectivity index (χ0) is 50.5. The van der Waals surface area contributed by atoms with Crippen LogP contribution in [-0.2, 0) is 52.4 Å². The van der Waals surface area contributed by atoms with Crippen molar-refractivity contribution >= 4 is 27.6 Å². The largest absolute Gasteiger partial charge is 0.530 e. The first-order valence-electron chi connectivity index (χ1n) is 23.3. The molecule has 3 aromatic carbocycles. The van der Waals surface area contributed by atoms with Crippen LogP contribution in [0.3, 0.4) is 0 Å². The smallest absolute Gasteiger partial charge is 0.425 e. The predicted molar refractivity (Wildman–Crippen MR) is 264 cm³/mol. The zero-order valence-electron chi connectivity index (χ0n) is 43.0. The normalized spacial score (nSPS) is 25.9. The summed E-state index contributed by atoms with van der Waals surface area (Å²) in [6, 6.07) is 11.6. The minimum Gasteiger partial charge on any atom is -0.425 e. The van der Waals surface area contributed by atoms with Gasteiger partial charge in [-0.05, 0) is 101 Å². The highest BCUT2D eigenvalue weighted by atomic mass is 31.2. The number of allylic oxidation sites excluding steroid dienone is 3. The lowest BCUT2D eigenvalue weighted by Crippen LogP contribution is -2.46. The van der Waals surface area contributed by atoms with Gasteiger partial charge in [0.15, 0.2) is 0 Å². The van der Waals surface area contributed by atoms with Crippen LogP contribution in [0, 0.1) is 43.9 Å². The molecule has 12 nitrogen and oxygen atoms in total. The molecule has 0 radical (unpaired) electrons. The number of aryl methyl sites for hydroxylation is 4. The van der Waals surface area contributed by atoms with Gasteiger partial charge in [0, 0.05) is 16.7 Å². The van der Waals surface area contributed by atoms with Crippen LogP contribution in [-0.4, -0.2) is 38.4 Å². The second-order valence-electron chi connectivity index (χ2n) is 23.4. The van der Waals surface area contributed by atoms with Gasteiger partial charge in [-0.3, -0.25) is 27.7 Å². The molecule has 2 saturated heterocycles. The molecule has 4 aliphatic rings. The Morgan fingerprint density at radius 3 is 1.46 bits per heavy atom. The Bertz CT molecular complexity index is 2690. The summed E-state index contributed by atoms with van der Waals surface area (Å²) in [7, 11) is -8.30. The van der Waals surface area contributed by atoms with Crippen molar-refractivity contribution in [2.45, 2.75) is 140 Å². The summed E-state index contributed by atoms with van der Waals surface area (Å²) in [6.07, 6.45) is 2.04. The number of carbonyl (C=O) groups excluding carboxylic acids is 2. The van der Waals surface area contributed by atoms with E-state index in [-0.39, 0.29) is 54.1 Å². The molecule has 14 heteroatoms. The fraction of sp³-hybridized carbons (Fsp3) is 0.519. The number of cyclic esters (lactones) is 1. The Morgan fingerprint density at radius 2 is 1.06 bits per heavy atom. The predicted octanol–water partition coefficient (Wildman–Crippen LogP) is 13.8. The molecule has 0 aromatic heterocycles. The first-order chi connectivity index (χ1) is 31.1. The van der Waals surface area contributed by atoms with Gasteiger partial charge in [-0.2, -0.15) is 0 Å². The fourth-order valence-corrected chi connectivity index (χ4v) is 11.8. The SMILES string of the molecule is C=C(C1=C(/C=C(\C)C(C)(C)C)C(c2cc(C)c(OP3(=O)OCC4(CO3)COP(=O)(Oc3c(C)cc(C5C(=O)Oc6c5cc(C(C)(C)C)cc6C(C)(C)C)cc3C)OC4)c(C)c2)C(=O)O1)C(C)(C)C. The number of rotatable bonds is 8. The van der Waals surface area contributed by atoms with Crippen LogP contribution < -0.4 is 13.8 Å². The Kier molecular flexibility index (Phi) is 13.3. The van der Waals surface area contributed by atoms with E-state index in [0.717, 1.165) is 39.0 Å². The van der Waals surface area contributed by atoms with Gasteiger partial charge >= 0.3 is 27.6 Å². The maximum atomic E-state index is 14.0. The summed E-state index contributed by atoms with van der Waals surface area (Å²) in [4.78, 5) is 27.3. The van der Waals surface area contributed by atoms with Gasteiger partial charge in [0.2, 0.25) is 0 Å². The topological polar surface area (TPSA) is 142 Å². The number of phosphoric ester groups is 2. The van der Waals surface area contributed by atoms with E-state index in [2.05, 4.69) is 81.0 Å². The molecule has 3 aromatic rings. The summed E-state index contributed by atoms with van der Waals surface area (Å²) in [5.74, 6) is -0.425. The van der Waals surface area contributed by atoms with Crippen LogP contribution in [0.2, 0.25) is 0 Å². The molecular weight excluding hydrogens is 903 g/mol. The minimum atomic E-state index is -4.15. The Labute approximate surface area is 403 Å². The van der Waals surface area contributed by atoms with Gasteiger partial charge < -0.3 is 18.5 Å². The first-order valence-corrected chi connectivity index (χ1v) is 26.2. The van der Waals surface area contributed by atoms with E-state index in [0.29, 0.717) is 50.8 Å². The van der Waals surface area contributed by atoms with Gasteiger partial charge in [0.25, 0.3) is 0 Å². The van der Waals surface area contributed by atoms with E-state index in [1.54, 1.807) is 0 Å². The Morgan fingerprint density at radius 1 is 0.632 bits per heavy atom. The molecule has 68 heavy (non-hydrogen) atoms. The van der Waals surface area contributed by atoms with Crippen molar-refractivity contribution < 1.29 is 55.3 Å². The van der Waals surface area contributed by atoms with Crippen LogP contribution >= 0.6 is 15.6 Å². The van der Waals surface area contributed by atoms with Crippen LogP contribution in [0.4, 0.5) is 0 Å². The van der Waals surface area contributed by atoms with E-state index < -0.39 is 38.9 Å². The zero-order valence-corrected chi connectivity index (χ0v) is 44.8. The highest BCUT2D eigenvalue weighted by Gasteiger charge is 2.52. The minimum absolute atomic E-state index is 0.135. The number of benzene rings is 3. The summed E-state index contributed by atoms with van der Waals surface area (Å²) < 4.78 is 75.5. The molecule has 2 fully saturated rings. The van der Waals surface area contributed by atoms with Crippen molar-refractivity contribution in [3.8, 4) is 17.2 Å². The highest BCUT2D eigenvalue weighted by Crippen LogP contribution is 2.61. The average Bonchev–Trinajstić information content (AvgIpc) is 3.72. The van der Waals surface area contributed by atoms with Crippen molar-refractivity contribution in [3.63, 3.8) is 0 Å². The lowest BCUT2D eigenvalue weighted by Gasteiger charge is -2.41. The van der Waals surface area contributed by atoms with Crippen molar-refractivity contribution in [1.82, 2.24) is 0 Å². The Hall–Kier alpha value is -4.28. The summed E-state index contributed by atoms with van der Waals surface area (Å²) in [5, 5.41) is 0. The summed E-state index contributed by atoms with van der Waals surface area (Å²) >= 11 is 0. The van der Waals surface area contributed by atoms with Crippen LogP contribution in [0.1, 0.15) is 152 Å². The molecule has 368 valence electrons. The molecule has 0 saturated carbocycles. The van der Waals surface area contributed by atoms with Crippen LogP contribution in [0.25, 0.3) is 0 Å². The number of hydrogen-bond donors (Lipinski definition) is 0. The lowest BCUT2D eigenvalue weighted by atomic mass is 9.77. The molecule has 2 atom stereocenters. The molecule has 1 spiro atoms. The maximum Gasteiger partial charge on any atom is 0.530 e. The van der Waals surface area contributed by atoms with Crippen LogP contribution in [0.5, 0.6) is 17.2 Å². The van der Waals surface area contributed by atoms with Gasteiger partial charge in [-0.1, -0.05) is 138 Å². The fourth-order valence-electron chi connectivity index (χ4n) is 8.65. The summed E-state index contributed by atoms with van der Waals surface area (Å²) in [6.45, 7) is 38.3. The highest BCUT2D eigenvalue weighted by molar-refractivity contribution is 7.49. The van der Waals surface area contributed by atoms with E-state index in [4.69, 9.17) is 36.6 Å². The summed E-state index contributed by atoms with van der Waals surface area (Å²) in [5.41, 5.74) is 7.51. The Balaban J connectivity index is 1.04. The molecule has 0 N–H and O–H groups in total. The van der Waals surface area contributed by atoms with Crippen molar-refractivity contribution in [3.05, 3.63) is 122 Å². The number of hydrogen-bond acceptors (Lipinski definition) is 12. The van der Waals surface area contributed by atoms with Crippen molar-refractivity contribution in [2.75, 3.05) is 26.4 Å². The second-order valence-corrected chi connectivity index (χ2v) is 26.6. The van der Waals surface area contributed by atoms with Crippen LogP contribution in [0.15, 0.2) is 71.5 Å². The van der Waals surface area contributed by atoms with E-state index >= 15 is 0 Å². The maximum absolute atomic E-state index is 14.0. The van der Waals surface area contributed by atoms with E-state index in [1.165, 1.54) is 0 Å². The molecule has 0 aliphatic carbocycles. The van der Waals surface area contributed by atoms with Crippen molar-refractivity contribution in [1.29, 1.82) is 0 Å². The quantitative estimate of drug-likeness (QED) is 0.120. The van der Waals surface area contributed by atoms with Gasteiger partial charge in [-0.25, -0.2) is 9.13 Å². The lowest BCUT2D eigenvalue weighted by molar-refractivity contribution is -0.137. The molecule has 2 unspecified atom stereocenters. The van der Waals surface area contributed by atoms with E-state index in [1.807, 2.05) is 85.7 Å². The third-order valence-electron chi connectivity index (χ3n) is 13.4.